The van der Waals surface area contributed by atoms with Crippen molar-refractivity contribution in [3.05, 3.63) is 17.0 Å². The largest absolute Gasteiger partial charge is 0.274 e. The number of halogens is 1. The van der Waals surface area contributed by atoms with E-state index in [9.17, 15) is 4.79 Å². The monoisotopic (exact) mass is 294 g/mol. The van der Waals surface area contributed by atoms with Gasteiger partial charge in [-0.1, -0.05) is 32.1 Å². The lowest BCUT2D eigenvalue weighted by molar-refractivity contribution is 0.107. The summed E-state index contributed by atoms with van der Waals surface area (Å²) in [7, 11) is 0. The maximum Gasteiger partial charge on any atom is 0.273 e. The molecule has 4 heteroatoms. The smallest absolute Gasteiger partial charge is 0.273 e. The van der Waals surface area contributed by atoms with E-state index in [1.807, 2.05) is 0 Å². The lowest BCUT2D eigenvalue weighted by atomic mass is 9.93. The molecule has 0 aromatic carbocycles. The van der Waals surface area contributed by atoms with Crippen molar-refractivity contribution in [1.82, 2.24) is 9.78 Å². The Balaban J connectivity index is 1.99. The van der Waals surface area contributed by atoms with Gasteiger partial charge in [0.15, 0.2) is 0 Å². The highest BCUT2D eigenvalue weighted by molar-refractivity contribution is 6.67. The van der Waals surface area contributed by atoms with Crippen molar-refractivity contribution in [2.45, 2.75) is 76.7 Å². The Hall–Kier alpha value is -0.830. The van der Waals surface area contributed by atoms with E-state index in [2.05, 4.69) is 9.78 Å². The molecule has 20 heavy (non-hydrogen) atoms. The lowest BCUT2D eigenvalue weighted by Crippen LogP contribution is -2.17. The molecule has 2 aliphatic rings. The van der Waals surface area contributed by atoms with Gasteiger partial charge in [0.1, 0.15) is 5.69 Å². The third kappa shape index (κ3) is 2.78. The van der Waals surface area contributed by atoms with Crippen molar-refractivity contribution in [3.8, 4) is 0 Å². The topological polar surface area (TPSA) is 34.9 Å². The molecule has 110 valence electrons. The number of aromatic nitrogens is 2. The fourth-order valence-electron chi connectivity index (χ4n) is 3.76. The van der Waals surface area contributed by atoms with Crippen molar-refractivity contribution in [2.24, 2.45) is 0 Å². The molecular formula is C16H23ClN2O. The Bertz CT molecular complexity index is 489. The minimum atomic E-state index is -0.378. The average Bonchev–Trinajstić information content (AvgIpc) is 2.77. The summed E-state index contributed by atoms with van der Waals surface area (Å²) in [6.07, 6.45) is 13.2. The van der Waals surface area contributed by atoms with Gasteiger partial charge in [-0.25, -0.2) is 0 Å². The Kier molecular flexibility index (Phi) is 4.45. The summed E-state index contributed by atoms with van der Waals surface area (Å²) in [5.41, 5.74) is 2.99. The van der Waals surface area contributed by atoms with Crippen molar-refractivity contribution in [3.63, 3.8) is 0 Å². The first-order chi connectivity index (χ1) is 9.77. The van der Waals surface area contributed by atoms with Gasteiger partial charge in [-0.2, -0.15) is 5.10 Å². The van der Waals surface area contributed by atoms with Crippen LogP contribution in [0.25, 0.3) is 0 Å². The molecule has 3 rings (SSSR count). The predicted molar refractivity (Wildman–Crippen MR) is 80.4 cm³/mol. The first kappa shape index (κ1) is 14.1. The standard InChI is InChI=1S/C16H23ClN2O/c17-16(20)15-13-10-6-1-2-7-11-14(13)19(18-15)12-8-4-3-5-9-12/h12H,1-11H2. The molecule has 1 fully saturated rings. The van der Waals surface area contributed by atoms with Crippen LogP contribution in [0.2, 0.25) is 0 Å². The van der Waals surface area contributed by atoms with Crippen LogP contribution in [0.1, 0.15) is 85.6 Å². The molecule has 0 bridgehead atoms. The van der Waals surface area contributed by atoms with Crippen LogP contribution in [0.3, 0.4) is 0 Å². The summed E-state index contributed by atoms with van der Waals surface area (Å²) in [6.45, 7) is 0. The molecule has 0 saturated heterocycles. The van der Waals surface area contributed by atoms with Gasteiger partial charge in [0.25, 0.3) is 5.24 Å². The molecule has 0 unspecified atom stereocenters. The van der Waals surface area contributed by atoms with E-state index in [0.29, 0.717) is 11.7 Å². The van der Waals surface area contributed by atoms with Crippen LogP contribution in [0, 0.1) is 0 Å². The van der Waals surface area contributed by atoms with Gasteiger partial charge in [-0.05, 0) is 50.1 Å². The zero-order valence-corrected chi connectivity index (χ0v) is 12.8. The molecule has 1 aromatic rings. The summed E-state index contributed by atoms with van der Waals surface area (Å²) < 4.78 is 2.18. The highest BCUT2D eigenvalue weighted by Crippen LogP contribution is 2.33. The normalized spacial score (nSPS) is 21.1. The molecule has 1 aromatic heterocycles. The summed E-state index contributed by atoms with van der Waals surface area (Å²) in [5.74, 6) is 0. The fourth-order valence-corrected chi connectivity index (χ4v) is 3.92. The maximum absolute atomic E-state index is 11.7. The van der Waals surface area contributed by atoms with E-state index >= 15 is 0 Å². The number of fused-ring (bicyclic) bond motifs is 1. The van der Waals surface area contributed by atoms with E-state index < -0.39 is 0 Å². The zero-order valence-electron chi connectivity index (χ0n) is 12.0. The molecule has 0 spiro atoms. The zero-order chi connectivity index (χ0) is 13.9. The first-order valence-electron chi connectivity index (χ1n) is 8.07. The SMILES string of the molecule is O=C(Cl)c1nn(C2CCCCC2)c2c1CCCCCC2. The van der Waals surface area contributed by atoms with Gasteiger partial charge in [-0.15, -0.1) is 0 Å². The average molecular weight is 295 g/mol. The molecule has 0 radical (unpaired) electrons. The van der Waals surface area contributed by atoms with Crippen molar-refractivity contribution < 1.29 is 4.79 Å². The van der Waals surface area contributed by atoms with E-state index in [1.165, 1.54) is 57.1 Å². The highest BCUT2D eigenvalue weighted by atomic mass is 35.5. The Morgan fingerprint density at radius 1 is 1.00 bits per heavy atom. The van der Waals surface area contributed by atoms with Gasteiger partial charge in [0.2, 0.25) is 0 Å². The summed E-state index contributed by atoms with van der Waals surface area (Å²) in [5, 5.41) is 4.26. The van der Waals surface area contributed by atoms with Crippen LogP contribution in [0.15, 0.2) is 0 Å². The molecule has 0 N–H and O–H groups in total. The number of hydrogen-bond donors (Lipinski definition) is 0. The Morgan fingerprint density at radius 3 is 2.35 bits per heavy atom. The van der Waals surface area contributed by atoms with Gasteiger partial charge in [-0.3, -0.25) is 9.48 Å². The van der Waals surface area contributed by atoms with Gasteiger partial charge in [0.05, 0.1) is 6.04 Å². The van der Waals surface area contributed by atoms with Gasteiger partial charge >= 0.3 is 0 Å². The number of hydrogen-bond acceptors (Lipinski definition) is 2. The second kappa shape index (κ2) is 6.30. The number of nitrogens with zero attached hydrogens (tertiary/aromatic N) is 2. The molecule has 1 heterocycles. The van der Waals surface area contributed by atoms with Crippen molar-refractivity contribution in [1.29, 1.82) is 0 Å². The van der Waals surface area contributed by atoms with Crippen molar-refractivity contribution in [2.75, 3.05) is 0 Å². The van der Waals surface area contributed by atoms with Crippen LogP contribution in [0.5, 0.6) is 0 Å². The summed E-state index contributed by atoms with van der Waals surface area (Å²) >= 11 is 5.77. The van der Waals surface area contributed by atoms with E-state index in [-0.39, 0.29) is 5.24 Å². The second-order valence-corrected chi connectivity index (χ2v) is 6.54. The van der Waals surface area contributed by atoms with Crippen LogP contribution >= 0.6 is 11.6 Å². The molecule has 0 atom stereocenters. The minimum Gasteiger partial charge on any atom is -0.274 e. The van der Waals surface area contributed by atoms with Crippen molar-refractivity contribution >= 4 is 16.8 Å². The van der Waals surface area contributed by atoms with E-state index in [4.69, 9.17) is 11.6 Å². The highest BCUT2D eigenvalue weighted by Gasteiger charge is 2.26. The quantitative estimate of drug-likeness (QED) is 0.757. The molecule has 0 aliphatic heterocycles. The van der Waals surface area contributed by atoms with E-state index in [0.717, 1.165) is 24.8 Å². The maximum atomic E-state index is 11.7. The fraction of sp³-hybridized carbons (Fsp3) is 0.750. The summed E-state index contributed by atoms with van der Waals surface area (Å²) in [6, 6.07) is 0.488. The van der Waals surface area contributed by atoms with Crippen LogP contribution in [0.4, 0.5) is 0 Å². The molecule has 1 saturated carbocycles. The molecule has 3 nitrogen and oxygen atoms in total. The molecule has 0 amide bonds. The van der Waals surface area contributed by atoms with E-state index in [1.54, 1.807) is 0 Å². The van der Waals surface area contributed by atoms with Gasteiger partial charge in [0, 0.05) is 11.3 Å². The van der Waals surface area contributed by atoms with Crippen LogP contribution in [-0.2, 0) is 12.8 Å². The summed E-state index contributed by atoms with van der Waals surface area (Å²) in [4.78, 5) is 11.7. The lowest BCUT2D eigenvalue weighted by Gasteiger charge is -2.24. The number of carbonyl (C=O) groups excluding carboxylic acids is 1. The van der Waals surface area contributed by atoms with Crippen LogP contribution < -0.4 is 0 Å². The second-order valence-electron chi connectivity index (χ2n) is 6.20. The first-order valence-corrected chi connectivity index (χ1v) is 8.45. The molecular weight excluding hydrogens is 272 g/mol. The third-order valence-corrected chi connectivity index (χ3v) is 4.99. The Morgan fingerprint density at radius 2 is 1.65 bits per heavy atom. The molecule has 2 aliphatic carbocycles. The predicted octanol–water partition coefficient (Wildman–Crippen LogP) is 4.43. The minimum absolute atomic E-state index is 0.378. The number of carbonyl (C=O) groups is 1. The van der Waals surface area contributed by atoms with Crippen LogP contribution in [-0.4, -0.2) is 15.0 Å². The number of rotatable bonds is 2. The van der Waals surface area contributed by atoms with Gasteiger partial charge < -0.3 is 0 Å². The third-order valence-electron chi connectivity index (χ3n) is 4.82. The Labute approximate surface area is 125 Å².